The Balaban J connectivity index is 1.67. The van der Waals surface area contributed by atoms with Gasteiger partial charge in [0.15, 0.2) is 13.2 Å². The van der Waals surface area contributed by atoms with Crippen LogP contribution in [0.1, 0.15) is 11.1 Å². The van der Waals surface area contributed by atoms with Crippen molar-refractivity contribution in [3.8, 4) is 11.8 Å². The molecule has 0 aliphatic carbocycles. The second kappa shape index (κ2) is 9.30. The molecule has 25 heavy (non-hydrogen) atoms. The molecule has 0 aromatic heterocycles. The molecular weight excluding hydrogens is 344 g/mol. The lowest BCUT2D eigenvalue weighted by Gasteiger charge is -2.08. The average molecular weight is 359 g/mol. The monoisotopic (exact) mass is 358 g/mol. The molecule has 128 valence electrons. The van der Waals surface area contributed by atoms with Crippen LogP contribution in [0.15, 0.2) is 48.5 Å². The number of halogens is 1. The fourth-order valence-electron chi connectivity index (χ4n) is 1.84. The van der Waals surface area contributed by atoms with Gasteiger partial charge in [0, 0.05) is 11.6 Å². The maximum atomic E-state index is 11.7. The van der Waals surface area contributed by atoms with Gasteiger partial charge in [0.2, 0.25) is 0 Å². The van der Waals surface area contributed by atoms with Gasteiger partial charge in [0.05, 0.1) is 11.6 Å². The Kier molecular flexibility index (Phi) is 6.81. The smallest absolute Gasteiger partial charge is 0.344 e. The zero-order valence-electron chi connectivity index (χ0n) is 13.2. The van der Waals surface area contributed by atoms with Crippen LogP contribution < -0.4 is 10.1 Å². The number of carbonyl (C=O) groups is 2. The maximum absolute atomic E-state index is 11.7. The number of nitrogens with zero attached hydrogens (tertiary/aromatic N) is 1. The van der Waals surface area contributed by atoms with Crippen LogP contribution in [-0.4, -0.2) is 25.1 Å². The normalized spacial score (nSPS) is 9.76. The number of benzene rings is 2. The summed E-state index contributed by atoms with van der Waals surface area (Å²) in [4.78, 5) is 23.2. The number of nitrogens with one attached hydrogen (secondary N) is 1. The summed E-state index contributed by atoms with van der Waals surface area (Å²) in [6.07, 6.45) is 0. The second-order valence-electron chi connectivity index (χ2n) is 4.95. The molecule has 0 saturated carbocycles. The molecule has 0 bridgehead atoms. The highest BCUT2D eigenvalue weighted by molar-refractivity contribution is 6.31. The van der Waals surface area contributed by atoms with E-state index in [9.17, 15) is 9.59 Å². The number of rotatable bonds is 7. The van der Waals surface area contributed by atoms with E-state index in [2.05, 4.69) is 5.32 Å². The SMILES string of the molecule is N#Cc1ccc(OCC(=O)OCC(=O)NCc2ccccc2Cl)cc1. The molecule has 0 radical (unpaired) electrons. The second-order valence-corrected chi connectivity index (χ2v) is 5.36. The Morgan fingerprint density at radius 3 is 2.48 bits per heavy atom. The molecule has 0 aliphatic heterocycles. The van der Waals surface area contributed by atoms with Gasteiger partial charge in [-0.2, -0.15) is 5.26 Å². The van der Waals surface area contributed by atoms with Crippen LogP contribution in [0.3, 0.4) is 0 Å². The van der Waals surface area contributed by atoms with E-state index < -0.39 is 18.5 Å². The van der Waals surface area contributed by atoms with Crippen LogP contribution in [0.5, 0.6) is 5.75 Å². The van der Waals surface area contributed by atoms with Crippen molar-refractivity contribution in [1.82, 2.24) is 5.32 Å². The Morgan fingerprint density at radius 2 is 1.80 bits per heavy atom. The molecule has 0 saturated heterocycles. The molecule has 0 fully saturated rings. The first-order valence-electron chi connectivity index (χ1n) is 7.37. The Labute approximate surface area is 149 Å². The van der Waals surface area contributed by atoms with E-state index in [0.29, 0.717) is 16.3 Å². The van der Waals surface area contributed by atoms with Crippen LogP contribution in [-0.2, 0) is 20.9 Å². The first kappa shape index (κ1) is 18.3. The van der Waals surface area contributed by atoms with Gasteiger partial charge in [0.1, 0.15) is 5.75 Å². The number of esters is 1. The lowest BCUT2D eigenvalue weighted by atomic mass is 10.2. The molecule has 0 atom stereocenters. The summed E-state index contributed by atoms with van der Waals surface area (Å²) in [7, 11) is 0. The fraction of sp³-hybridized carbons (Fsp3) is 0.167. The van der Waals surface area contributed by atoms with Gasteiger partial charge in [0.25, 0.3) is 5.91 Å². The highest BCUT2D eigenvalue weighted by Gasteiger charge is 2.09. The summed E-state index contributed by atoms with van der Waals surface area (Å²) in [5.74, 6) is -0.678. The molecular formula is C18H15ClN2O4. The van der Waals surface area contributed by atoms with Crippen molar-refractivity contribution in [3.05, 3.63) is 64.7 Å². The van der Waals surface area contributed by atoms with E-state index in [4.69, 9.17) is 26.3 Å². The molecule has 0 spiro atoms. The van der Waals surface area contributed by atoms with Crippen molar-refractivity contribution in [1.29, 1.82) is 5.26 Å². The van der Waals surface area contributed by atoms with Crippen LogP contribution in [0.25, 0.3) is 0 Å². The standard InChI is InChI=1S/C18H15ClN2O4/c19-16-4-2-1-3-14(16)10-21-17(22)11-25-18(23)12-24-15-7-5-13(9-20)6-8-15/h1-8H,10-12H2,(H,21,22). The van der Waals surface area contributed by atoms with Gasteiger partial charge < -0.3 is 14.8 Å². The molecule has 1 N–H and O–H groups in total. The van der Waals surface area contributed by atoms with Crippen LogP contribution in [0, 0.1) is 11.3 Å². The zero-order valence-corrected chi connectivity index (χ0v) is 14.0. The van der Waals surface area contributed by atoms with Gasteiger partial charge in [-0.1, -0.05) is 29.8 Å². The van der Waals surface area contributed by atoms with Crippen LogP contribution in [0.4, 0.5) is 0 Å². The van der Waals surface area contributed by atoms with Crippen molar-refractivity contribution >= 4 is 23.5 Å². The van der Waals surface area contributed by atoms with Crippen molar-refractivity contribution in [2.24, 2.45) is 0 Å². The Hall–Kier alpha value is -3.04. The summed E-state index contributed by atoms with van der Waals surface area (Å²) in [5, 5.41) is 11.9. The summed E-state index contributed by atoms with van der Waals surface area (Å²) in [6.45, 7) is -0.485. The van der Waals surface area contributed by atoms with Crippen molar-refractivity contribution in [2.45, 2.75) is 6.54 Å². The van der Waals surface area contributed by atoms with Gasteiger partial charge in [-0.05, 0) is 35.9 Å². The maximum Gasteiger partial charge on any atom is 0.344 e. The summed E-state index contributed by atoms with van der Waals surface area (Å²) >= 11 is 5.98. The number of hydrogen-bond acceptors (Lipinski definition) is 5. The molecule has 1 amide bonds. The zero-order chi connectivity index (χ0) is 18.1. The van der Waals surface area contributed by atoms with Gasteiger partial charge in [-0.15, -0.1) is 0 Å². The Morgan fingerprint density at radius 1 is 1.08 bits per heavy atom. The summed E-state index contributed by atoms with van der Waals surface area (Å²) < 4.78 is 10.0. The first-order valence-corrected chi connectivity index (χ1v) is 7.75. The van der Waals surface area contributed by atoms with E-state index in [1.54, 1.807) is 42.5 Å². The number of amides is 1. The highest BCUT2D eigenvalue weighted by atomic mass is 35.5. The van der Waals surface area contributed by atoms with E-state index >= 15 is 0 Å². The van der Waals surface area contributed by atoms with Crippen LogP contribution >= 0.6 is 11.6 Å². The molecule has 2 aromatic carbocycles. The minimum Gasteiger partial charge on any atom is -0.482 e. The minimum absolute atomic E-state index is 0.248. The number of carbonyl (C=O) groups excluding carboxylic acids is 2. The van der Waals surface area contributed by atoms with Crippen molar-refractivity contribution in [3.63, 3.8) is 0 Å². The number of ether oxygens (including phenoxy) is 2. The third-order valence-corrected chi connectivity index (χ3v) is 3.51. The third-order valence-electron chi connectivity index (χ3n) is 3.14. The molecule has 0 unspecified atom stereocenters. The van der Waals surface area contributed by atoms with E-state index in [-0.39, 0.29) is 13.2 Å². The predicted molar refractivity (Wildman–Crippen MR) is 90.9 cm³/mol. The molecule has 0 aliphatic rings. The van der Waals surface area contributed by atoms with Gasteiger partial charge in [-0.3, -0.25) is 4.79 Å². The quantitative estimate of drug-likeness (QED) is 0.768. The minimum atomic E-state index is -0.669. The largest absolute Gasteiger partial charge is 0.482 e. The molecule has 2 aromatic rings. The van der Waals surface area contributed by atoms with E-state index in [1.165, 1.54) is 0 Å². The number of hydrogen-bond donors (Lipinski definition) is 1. The third kappa shape index (κ3) is 6.16. The fourth-order valence-corrected chi connectivity index (χ4v) is 2.04. The molecule has 2 rings (SSSR count). The lowest BCUT2D eigenvalue weighted by molar-refractivity contribution is -0.150. The molecule has 0 heterocycles. The molecule has 6 nitrogen and oxygen atoms in total. The van der Waals surface area contributed by atoms with Crippen molar-refractivity contribution in [2.75, 3.05) is 13.2 Å². The Bertz CT molecular complexity index is 784. The summed E-state index contributed by atoms with van der Waals surface area (Å²) in [6, 6.07) is 15.4. The number of nitriles is 1. The molecule has 7 heteroatoms. The van der Waals surface area contributed by atoms with Crippen molar-refractivity contribution < 1.29 is 19.1 Å². The first-order chi connectivity index (χ1) is 12.1. The topological polar surface area (TPSA) is 88.4 Å². The summed E-state index contributed by atoms with van der Waals surface area (Å²) in [5.41, 5.74) is 1.26. The van der Waals surface area contributed by atoms with Gasteiger partial charge >= 0.3 is 5.97 Å². The van der Waals surface area contributed by atoms with E-state index in [1.807, 2.05) is 12.1 Å². The average Bonchev–Trinajstić information content (AvgIpc) is 2.64. The van der Waals surface area contributed by atoms with E-state index in [0.717, 1.165) is 5.56 Å². The highest BCUT2D eigenvalue weighted by Crippen LogP contribution is 2.14. The van der Waals surface area contributed by atoms with Crippen LogP contribution in [0.2, 0.25) is 5.02 Å². The lowest BCUT2D eigenvalue weighted by Crippen LogP contribution is -2.29. The predicted octanol–water partition coefficient (Wildman–Crippen LogP) is 2.45. The van der Waals surface area contributed by atoms with Gasteiger partial charge in [-0.25, -0.2) is 4.79 Å².